The maximum absolute atomic E-state index is 14.0. The Bertz CT molecular complexity index is 604. The third-order valence-corrected chi connectivity index (χ3v) is 3.75. The minimum absolute atomic E-state index is 0.0170. The Kier molecular flexibility index (Phi) is 4.97. The van der Waals surface area contributed by atoms with E-state index in [1.165, 1.54) is 23.8 Å². The van der Waals surface area contributed by atoms with Gasteiger partial charge in [0.25, 0.3) is 0 Å². The van der Waals surface area contributed by atoms with Crippen molar-refractivity contribution in [3.8, 4) is 5.75 Å². The Morgan fingerprint density at radius 3 is 2.33 bits per heavy atom. The van der Waals surface area contributed by atoms with Crippen LogP contribution in [0, 0.1) is 19.7 Å². The number of methoxy groups -OCH3 is 1. The van der Waals surface area contributed by atoms with Crippen molar-refractivity contribution in [3.63, 3.8) is 0 Å². The predicted molar refractivity (Wildman–Crippen MR) is 84.4 cm³/mol. The molecule has 0 saturated carbocycles. The van der Waals surface area contributed by atoms with E-state index in [9.17, 15) is 4.39 Å². The van der Waals surface area contributed by atoms with E-state index in [4.69, 9.17) is 4.74 Å². The zero-order valence-electron chi connectivity index (χ0n) is 13.0. The Hall–Kier alpha value is -1.87. The number of ether oxygens (including phenoxy) is 1. The van der Waals surface area contributed by atoms with Crippen molar-refractivity contribution in [2.75, 3.05) is 13.7 Å². The van der Waals surface area contributed by atoms with Gasteiger partial charge in [-0.2, -0.15) is 0 Å². The number of aryl methyl sites for hydroxylation is 2. The second-order valence-corrected chi connectivity index (χ2v) is 5.19. The molecule has 1 N–H and O–H groups in total. The average molecular weight is 287 g/mol. The summed E-state index contributed by atoms with van der Waals surface area (Å²) in [6.07, 6.45) is 0. The summed E-state index contributed by atoms with van der Waals surface area (Å²) in [6, 6.07) is 11.4. The summed E-state index contributed by atoms with van der Waals surface area (Å²) in [6.45, 7) is 7.05. The average Bonchev–Trinajstić information content (AvgIpc) is 2.46. The summed E-state index contributed by atoms with van der Waals surface area (Å²) in [5, 5.41) is 3.45. The number of rotatable bonds is 5. The van der Waals surface area contributed by atoms with E-state index in [1.807, 2.05) is 12.1 Å². The van der Waals surface area contributed by atoms with Gasteiger partial charge in [-0.3, -0.25) is 0 Å². The van der Waals surface area contributed by atoms with Crippen molar-refractivity contribution in [3.05, 3.63) is 64.5 Å². The summed E-state index contributed by atoms with van der Waals surface area (Å²) >= 11 is 0. The van der Waals surface area contributed by atoms with E-state index in [0.29, 0.717) is 0 Å². The van der Waals surface area contributed by atoms with Crippen LogP contribution in [0.25, 0.3) is 0 Å². The smallest absolute Gasteiger partial charge is 0.165 e. The van der Waals surface area contributed by atoms with Crippen LogP contribution in [0.15, 0.2) is 36.4 Å². The number of nitrogens with one attached hydrogen (secondary N) is 1. The highest BCUT2D eigenvalue weighted by atomic mass is 19.1. The summed E-state index contributed by atoms with van der Waals surface area (Å²) in [4.78, 5) is 0. The van der Waals surface area contributed by atoms with Crippen LogP contribution < -0.4 is 10.1 Å². The molecular formula is C18H22FNO. The van der Waals surface area contributed by atoms with Gasteiger partial charge in [0, 0.05) is 0 Å². The molecule has 21 heavy (non-hydrogen) atoms. The lowest BCUT2D eigenvalue weighted by molar-refractivity contribution is 0.385. The summed E-state index contributed by atoms with van der Waals surface area (Å²) < 4.78 is 19.0. The van der Waals surface area contributed by atoms with Crippen LogP contribution >= 0.6 is 0 Å². The molecule has 0 aromatic heterocycles. The molecule has 1 unspecified atom stereocenters. The van der Waals surface area contributed by atoms with Gasteiger partial charge in [0.2, 0.25) is 0 Å². The third kappa shape index (κ3) is 3.24. The lowest BCUT2D eigenvalue weighted by Crippen LogP contribution is -2.23. The van der Waals surface area contributed by atoms with Gasteiger partial charge in [0.05, 0.1) is 13.2 Å². The topological polar surface area (TPSA) is 21.3 Å². The molecule has 0 amide bonds. The second-order valence-electron chi connectivity index (χ2n) is 5.19. The third-order valence-electron chi connectivity index (χ3n) is 3.75. The Labute approximate surface area is 126 Å². The predicted octanol–water partition coefficient (Wildman–Crippen LogP) is 4.15. The highest BCUT2D eigenvalue weighted by Crippen LogP contribution is 2.30. The quantitative estimate of drug-likeness (QED) is 0.892. The maximum Gasteiger partial charge on any atom is 0.165 e. The number of benzene rings is 2. The van der Waals surface area contributed by atoms with E-state index in [2.05, 4.69) is 38.2 Å². The minimum atomic E-state index is -0.329. The molecule has 2 rings (SSSR count). The number of hydrogen-bond donors (Lipinski definition) is 1. The van der Waals surface area contributed by atoms with Crippen molar-refractivity contribution < 1.29 is 9.13 Å². The van der Waals surface area contributed by atoms with Crippen LogP contribution in [-0.4, -0.2) is 13.7 Å². The fourth-order valence-corrected chi connectivity index (χ4v) is 2.74. The van der Waals surface area contributed by atoms with E-state index >= 15 is 0 Å². The molecule has 112 valence electrons. The highest BCUT2D eigenvalue weighted by Gasteiger charge is 2.18. The van der Waals surface area contributed by atoms with Crippen molar-refractivity contribution in [2.24, 2.45) is 0 Å². The van der Waals surface area contributed by atoms with Gasteiger partial charge < -0.3 is 10.1 Å². The Balaban J connectivity index is 2.51. The molecule has 0 bridgehead atoms. The minimum Gasteiger partial charge on any atom is -0.494 e. The van der Waals surface area contributed by atoms with E-state index in [-0.39, 0.29) is 17.6 Å². The lowest BCUT2D eigenvalue weighted by Gasteiger charge is -2.23. The molecule has 0 spiro atoms. The fraction of sp³-hybridized carbons (Fsp3) is 0.333. The first kappa shape index (κ1) is 15.5. The largest absolute Gasteiger partial charge is 0.494 e. The molecule has 0 fully saturated rings. The molecule has 0 saturated heterocycles. The summed E-state index contributed by atoms with van der Waals surface area (Å²) in [7, 11) is 1.48. The van der Waals surface area contributed by atoms with Gasteiger partial charge in [-0.25, -0.2) is 4.39 Å². The molecule has 0 aliphatic rings. The summed E-state index contributed by atoms with van der Waals surface area (Å²) in [5.74, 6) is -0.0559. The van der Waals surface area contributed by atoms with E-state index < -0.39 is 0 Å². The Morgan fingerprint density at radius 1 is 1.14 bits per heavy atom. The normalized spacial score (nSPS) is 12.2. The molecule has 0 heterocycles. The van der Waals surface area contributed by atoms with Gasteiger partial charge in [-0.15, -0.1) is 0 Å². The van der Waals surface area contributed by atoms with Crippen LogP contribution in [0.4, 0.5) is 4.39 Å². The maximum atomic E-state index is 14.0. The zero-order valence-corrected chi connectivity index (χ0v) is 13.0. The highest BCUT2D eigenvalue weighted by molar-refractivity contribution is 5.43. The van der Waals surface area contributed by atoms with Crippen molar-refractivity contribution >= 4 is 0 Å². The van der Waals surface area contributed by atoms with Crippen LogP contribution in [0.2, 0.25) is 0 Å². The van der Waals surface area contributed by atoms with Crippen LogP contribution in [0.3, 0.4) is 0 Å². The van der Waals surface area contributed by atoms with Gasteiger partial charge in [0.1, 0.15) is 0 Å². The van der Waals surface area contributed by atoms with E-state index in [0.717, 1.165) is 12.1 Å². The molecule has 0 radical (unpaired) electrons. The monoisotopic (exact) mass is 287 g/mol. The lowest BCUT2D eigenvalue weighted by atomic mass is 9.91. The standard InChI is InChI=1S/C18H22FNO/c1-5-20-18(17-12(2)7-6-8-13(17)3)14-9-10-16(21-4)15(19)11-14/h6-11,18,20H,5H2,1-4H3. The first-order valence-electron chi connectivity index (χ1n) is 7.21. The first-order chi connectivity index (χ1) is 10.1. The van der Waals surface area contributed by atoms with Crippen molar-refractivity contribution in [1.82, 2.24) is 5.32 Å². The second kappa shape index (κ2) is 6.72. The Morgan fingerprint density at radius 2 is 1.81 bits per heavy atom. The van der Waals surface area contributed by atoms with Gasteiger partial charge in [0.15, 0.2) is 11.6 Å². The molecule has 2 aromatic carbocycles. The van der Waals surface area contributed by atoms with Gasteiger partial charge >= 0.3 is 0 Å². The van der Waals surface area contributed by atoms with Gasteiger partial charge in [-0.05, 0) is 54.8 Å². The van der Waals surface area contributed by atoms with E-state index in [1.54, 1.807) is 12.1 Å². The zero-order chi connectivity index (χ0) is 15.4. The van der Waals surface area contributed by atoms with Crippen LogP contribution in [0.1, 0.15) is 35.2 Å². The van der Waals surface area contributed by atoms with Crippen molar-refractivity contribution in [2.45, 2.75) is 26.8 Å². The molecule has 2 nitrogen and oxygen atoms in total. The molecular weight excluding hydrogens is 265 g/mol. The van der Waals surface area contributed by atoms with Crippen LogP contribution in [0.5, 0.6) is 5.75 Å². The van der Waals surface area contributed by atoms with Gasteiger partial charge in [-0.1, -0.05) is 31.2 Å². The molecule has 1 atom stereocenters. The molecule has 2 aromatic rings. The summed E-state index contributed by atoms with van der Waals surface area (Å²) in [5.41, 5.74) is 4.53. The number of halogens is 1. The first-order valence-corrected chi connectivity index (χ1v) is 7.21. The van der Waals surface area contributed by atoms with Crippen molar-refractivity contribution in [1.29, 1.82) is 0 Å². The molecule has 0 aliphatic carbocycles. The molecule has 0 aliphatic heterocycles. The fourth-order valence-electron chi connectivity index (χ4n) is 2.74. The molecule has 3 heteroatoms. The number of hydrogen-bond acceptors (Lipinski definition) is 2. The van der Waals surface area contributed by atoms with Crippen LogP contribution in [-0.2, 0) is 0 Å². The SMILES string of the molecule is CCNC(c1ccc(OC)c(F)c1)c1c(C)cccc1C.